The maximum atomic E-state index is 12.3. The van der Waals surface area contributed by atoms with Crippen molar-refractivity contribution < 1.29 is 12.8 Å². The SMILES string of the molecule is O=S(=O)(NCc1ccc(C=Nc2ccc(Cl)c(Cl)c2)o1)c1ccc(Br)cc1. The zero-order chi connectivity index (χ0) is 19.4. The molecule has 0 saturated carbocycles. The largest absolute Gasteiger partial charge is 0.459 e. The summed E-state index contributed by atoms with van der Waals surface area (Å²) in [6.07, 6.45) is 1.52. The smallest absolute Gasteiger partial charge is 0.240 e. The minimum Gasteiger partial charge on any atom is -0.459 e. The van der Waals surface area contributed by atoms with Gasteiger partial charge in [0.1, 0.15) is 11.5 Å². The third kappa shape index (κ3) is 5.43. The second-order valence-electron chi connectivity index (χ2n) is 5.44. The minimum atomic E-state index is -3.62. The highest BCUT2D eigenvalue weighted by Crippen LogP contribution is 2.26. The van der Waals surface area contributed by atoms with Crippen LogP contribution >= 0.6 is 39.1 Å². The predicted octanol–water partition coefficient (Wildman–Crippen LogP) is 5.58. The Morgan fingerprint density at radius 2 is 1.78 bits per heavy atom. The molecule has 0 atom stereocenters. The number of nitrogens with one attached hydrogen (secondary N) is 1. The van der Waals surface area contributed by atoms with Crippen LogP contribution in [0.15, 0.2) is 73.4 Å². The topological polar surface area (TPSA) is 71.7 Å². The highest BCUT2D eigenvalue weighted by atomic mass is 79.9. The molecule has 0 aliphatic heterocycles. The highest BCUT2D eigenvalue weighted by Gasteiger charge is 2.14. The maximum absolute atomic E-state index is 12.3. The van der Waals surface area contributed by atoms with E-state index in [-0.39, 0.29) is 11.4 Å². The summed E-state index contributed by atoms with van der Waals surface area (Å²) in [4.78, 5) is 4.43. The van der Waals surface area contributed by atoms with Crippen molar-refractivity contribution in [2.75, 3.05) is 0 Å². The molecule has 9 heteroatoms. The number of furan rings is 1. The third-order valence-electron chi connectivity index (χ3n) is 3.49. The lowest BCUT2D eigenvalue weighted by molar-refractivity contribution is 0.494. The molecule has 27 heavy (non-hydrogen) atoms. The van der Waals surface area contributed by atoms with Gasteiger partial charge in [0.2, 0.25) is 10.0 Å². The standard InChI is InChI=1S/C18H13BrCl2N2O3S/c19-12-1-6-16(7-2-12)27(24,25)23-11-15-5-4-14(26-15)10-22-13-3-8-17(20)18(21)9-13/h1-10,23H,11H2. The molecule has 1 N–H and O–H groups in total. The average Bonchev–Trinajstić information content (AvgIpc) is 3.09. The second kappa shape index (κ2) is 8.58. The second-order valence-corrected chi connectivity index (χ2v) is 8.94. The number of aliphatic imine (C=N–C) groups is 1. The molecule has 140 valence electrons. The highest BCUT2D eigenvalue weighted by molar-refractivity contribution is 9.10. The van der Waals surface area contributed by atoms with E-state index in [0.717, 1.165) is 4.47 Å². The van der Waals surface area contributed by atoms with E-state index in [9.17, 15) is 8.42 Å². The van der Waals surface area contributed by atoms with Gasteiger partial charge >= 0.3 is 0 Å². The minimum absolute atomic E-state index is 0.0268. The molecule has 0 aliphatic carbocycles. The number of benzene rings is 2. The van der Waals surface area contributed by atoms with Crippen molar-refractivity contribution in [1.82, 2.24) is 4.72 Å². The Kier molecular flexibility index (Phi) is 6.39. The Balaban J connectivity index is 1.64. The first kappa shape index (κ1) is 20.1. The van der Waals surface area contributed by atoms with Crippen LogP contribution in [0.4, 0.5) is 5.69 Å². The van der Waals surface area contributed by atoms with Crippen molar-refractivity contribution in [3.8, 4) is 0 Å². The van der Waals surface area contributed by atoms with E-state index >= 15 is 0 Å². The van der Waals surface area contributed by atoms with Gasteiger partial charge in [-0.3, -0.25) is 4.99 Å². The van der Waals surface area contributed by atoms with Crippen LogP contribution in [0.25, 0.3) is 0 Å². The normalized spacial score (nSPS) is 12.0. The van der Waals surface area contributed by atoms with Crippen LogP contribution in [0.1, 0.15) is 11.5 Å². The molecule has 0 fully saturated rings. The number of hydrogen-bond donors (Lipinski definition) is 1. The van der Waals surface area contributed by atoms with Gasteiger partial charge in [-0.1, -0.05) is 39.1 Å². The molecule has 2 aromatic carbocycles. The molecule has 1 heterocycles. The van der Waals surface area contributed by atoms with Gasteiger partial charge in [-0.05, 0) is 54.6 Å². The lowest BCUT2D eigenvalue weighted by atomic mass is 10.3. The van der Waals surface area contributed by atoms with Gasteiger partial charge in [0, 0.05) is 4.47 Å². The summed E-state index contributed by atoms with van der Waals surface area (Å²) in [7, 11) is -3.62. The molecule has 1 aromatic heterocycles. The van der Waals surface area contributed by atoms with Gasteiger partial charge in [-0.2, -0.15) is 0 Å². The van der Waals surface area contributed by atoms with E-state index in [0.29, 0.717) is 27.3 Å². The summed E-state index contributed by atoms with van der Waals surface area (Å²) in [6.45, 7) is 0.0268. The summed E-state index contributed by atoms with van der Waals surface area (Å²) >= 11 is 15.1. The lowest BCUT2D eigenvalue weighted by Crippen LogP contribution is -2.22. The fourth-order valence-corrected chi connectivity index (χ4v) is 3.68. The maximum Gasteiger partial charge on any atom is 0.240 e. The number of sulfonamides is 1. The average molecular weight is 488 g/mol. The predicted molar refractivity (Wildman–Crippen MR) is 111 cm³/mol. The Morgan fingerprint density at radius 3 is 2.48 bits per heavy atom. The van der Waals surface area contributed by atoms with Crippen LogP contribution in [0.5, 0.6) is 0 Å². The molecular weight excluding hydrogens is 475 g/mol. The first-order valence-corrected chi connectivity index (χ1v) is 10.7. The molecule has 0 aliphatic rings. The van der Waals surface area contributed by atoms with E-state index in [1.165, 1.54) is 18.3 Å². The summed E-state index contributed by atoms with van der Waals surface area (Å²) in [5.74, 6) is 0.949. The van der Waals surface area contributed by atoms with Crippen molar-refractivity contribution in [3.63, 3.8) is 0 Å². The van der Waals surface area contributed by atoms with Crippen molar-refractivity contribution in [2.24, 2.45) is 4.99 Å². The molecule has 0 radical (unpaired) electrons. The number of hydrogen-bond acceptors (Lipinski definition) is 4. The molecule has 0 saturated heterocycles. The summed E-state index contributed by atoms with van der Waals surface area (Å²) < 4.78 is 33.4. The summed E-state index contributed by atoms with van der Waals surface area (Å²) in [5, 5.41) is 0.864. The van der Waals surface area contributed by atoms with Gasteiger partial charge in [-0.15, -0.1) is 0 Å². The van der Waals surface area contributed by atoms with E-state index in [2.05, 4.69) is 25.6 Å². The molecular formula is C18H13BrCl2N2O3S. The van der Waals surface area contributed by atoms with Gasteiger partial charge in [-0.25, -0.2) is 13.1 Å². The summed E-state index contributed by atoms with van der Waals surface area (Å²) in [5.41, 5.74) is 0.623. The van der Waals surface area contributed by atoms with Gasteiger partial charge in [0.15, 0.2) is 0 Å². The van der Waals surface area contributed by atoms with Crippen LogP contribution < -0.4 is 4.72 Å². The zero-order valence-corrected chi connectivity index (χ0v) is 17.6. The van der Waals surface area contributed by atoms with E-state index < -0.39 is 10.0 Å². The summed E-state index contributed by atoms with van der Waals surface area (Å²) in [6, 6.07) is 14.8. The number of nitrogens with zero attached hydrogens (tertiary/aromatic N) is 1. The lowest BCUT2D eigenvalue weighted by Gasteiger charge is -2.05. The Bertz CT molecular complexity index is 1080. The Morgan fingerprint density at radius 1 is 1.04 bits per heavy atom. The van der Waals surface area contributed by atoms with Crippen molar-refractivity contribution >= 4 is 61.1 Å². The van der Waals surface area contributed by atoms with Crippen LogP contribution in [0.2, 0.25) is 10.0 Å². The molecule has 0 amide bonds. The number of rotatable bonds is 6. The molecule has 0 spiro atoms. The fourth-order valence-electron chi connectivity index (χ4n) is 2.13. The van der Waals surface area contributed by atoms with Gasteiger partial charge in [0.05, 0.1) is 33.4 Å². The van der Waals surface area contributed by atoms with E-state index in [4.69, 9.17) is 27.6 Å². The van der Waals surface area contributed by atoms with Crippen LogP contribution in [-0.2, 0) is 16.6 Å². The first-order chi connectivity index (χ1) is 12.8. The quantitative estimate of drug-likeness (QED) is 0.461. The van der Waals surface area contributed by atoms with Gasteiger partial charge < -0.3 is 4.42 Å². The van der Waals surface area contributed by atoms with Crippen molar-refractivity contribution in [2.45, 2.75) is 11.4 Å². The molecule has 3 aromatic rings. The Hall–Kier alpha value is -1.64. The van der Waals surface area contributed by atoms with Gasteiger partial charge in [0.25, 0.3) is 0 Å². The van der Waals surface area contributed by atoms with Crippen LogP contribution in [0, 0.1) is 0 Å². The zero-order valence-electron chi connectivity index (χ0n) is 13.7. The molecule has 0 bridgehead atoms. The Labute approximate surface area is 175 Å². The first-order valence-electron chi connectivity index (χ1n) is 7.66. The monoisotopic (exact) mass is 486 g/mol. The molecule has 0 unspecified atom stereocenters. The van der Waals surface area contributed by atoms with Crippen molar-refractivity contribution in [1.29, 1.82) is 0 Å². The molecule has 3 rings (SSSR count). The van der Waals surface area contributed by atoms with Crippen molar-refractivity contribution in [3.05, 3.63) is 80.6 Å². The fraction of sp³-hybridized carbons (Fsp3) is 0.0556. The van der Waals surface area contributed by atoms with E-state index in [1.807, 2.05) is 0 Å². The number of halogens is 3. The molecule has 5 nitrogen and oxygen atoms in total. The van der Waals surface area contributed by atoms with Crippen LogP contribution in [0.3, 0.4) is 0 Å². The van der Waals surface area contributed by atoms with Crippen LogP contribution in [-0.4, -0.2) is 14.6 Å². The third-order valence-corrected chi connectivity index (χ3v) is 6.17. The van der Waals surface area contributed by atoms with E-state index in [1.54, 1.807) is 42.5 Å².